The van der Waals surface area contributed by atoms with E-state index in [0.29, 0.717) is 11.3 Å². The van der Waals surface area contributed by atoms with Crippen LogP contribution in [0.25, 0.3) is 0 Å². The lowest BCUT2D eigenvalue weighted by Gasteiger charge is -2.09. The largest absolute Gasteiger partial charge is 0.478 e. The fourth-order valence-electron chi connectivity index (χ4n) is 1.81. The first-order valence-electron chi connectivity index (χ1n) is 6.16. The van der Waals surface area contributed by atoms with Gasteiger partial charge in [0.2, 0.25) is 0 Å². The van der Waals surface area contributed by atoms with Gasteiger partial charge in [-0.3, -0.25) is 4.79 Å². The molecule has 0 spiro atoms. The summed E-state index contributed by atoms with van der Waals surface area (Å²) >= 11 is 0. The van der Waals surface area contributed by atoms with Crippen molar-refractivity contribution in [2.75, 3.05) is 5.32 Å². The van der Waals surface area contributed by atoms with Gasteiger partial charge in [-0.15, -0.1) is 0 Å². The number of hydrogen-bond acceptors (Lipinski definition) is 3. The molecular formula is C16H12N2O3. The number of anilines is 1. The summed E-state index contributed by atoms with van der Waals surface area (Å²) in [5.74, 6) is -1.51. The maximum atomic E-state index is 12.2. The molecule has 0 radical (unpaired) electrons. The van der Waals surface area contributed by atoms with E-state index in [9.17, 15) is 9.59 Å². The zero-order chi connectivity index (χ0) is 15.4. The van der Waals surface area contributed by atoms with Gasteiger partial charge in [0.05, 0.1) is 17.2 Å². The molecule has 0 aliphatic carbocycles. The maximum absolute atomic E-state index is 12.2. The molecular weight excluding hydrogens is 268 g/mol. The van der Waals surface area contributed by atoms with Crippen LogP contribution in [0.1, 0.15) is 31.8 Å². The average Bonchev–Trinajstić information content (AvgIpc) is 2.49. The smallest absolute Gasteiger partial charge is 0.335 e. The van der Waals surface area contributed by atoms with Crippen molar-refractivity contribution in [1.82, 2.24) is 0 Å². The Morgan fingerprint density at radius 3 is 2.52 bits per heavy atom. The van der Waals surface area contributed by atoms with Crippen molar-refractivity contribution < 1.29 is 14.7 Å². The lowest BCUT2D eigenvalue weighted by atomic mass is 10.1. The summed E-state index contributed by atoms with van der Waals surface area (Å²) in [6.45, 7) is 1.81. The number of carbonyl (C=O) groups is 2. The fraction of sp³-hybridized carbons (Fsp3) is 0.0625. The second-order valence-corrected chi connectivity index (χ2v) is 4.48. The number of amides is 1. The molecule has 5 nitrogen and oxygen atoms in total. The van der Waals surface area contributed by atoms with E-state index in [2.05, 4.69) is 5.32 Å². The van der Waals surface area contributed by atoms with Crippen LogP contribution in [0.4, 0.5) is 5.69 Å². The number of nitrogens with one attached hydrogen (secondary N) is 1. The molecule has 2 aromatic rings. The van der Waals surface area contributed by atoms with Gasteiger partial charge in [-0.25, -0.2) is 4.79 Å². The number of nitriles is 1. The molecule has 1 amide bonds. The molecule has 0 aromatic heterocycles. The number of rotatable bonds is 3. The van der Waals surface area contributed by atoms with E-state index < -0.39 is 11.9 Å². The van der Waals surface area contributed by atoms with E-state index >= 15 is 0 Å². The molecule has 0 unspecified atom stereocenters. The van der Waals surface area contributed by atoms with Crippen LogP contribution in [-0.4, -0.2) is 17.0 Å². The molecule has 5 heteroatoms. The van der Waals surface area contributed by atoms with E-state index in [-0.39, 0.29) is 11.1 Å². The zero-order valence-corrected chi connectivity index (χ0v) is 11.3. The lowest BCUT2D eigenvalue weighted by molar-refractivity contribution is 0.0697. The summed E-state index contributed by atoms with van der Waals surface area (Å²) < 4.78 is 0. The highest BCUT2D eigenvalue weighted by molar-refractivity contribution is 6.06. The molecule has 0 saturated heterocycles. The van der Waals surface area contributed by atoms with E-state index in [0.717, 1.165) is 5.56 Å². The third-order valence-corrected chi connectivity index (χ3v) is 2.99. The predicted octanol–water partition coefficient (Wildman–Crippen LogP) is 2.82. The molecule has 2 N–H and O–H groups in total. The normalized spacial score (nSPS) is 9.71. The van der Waals surface area contributed by atoms with Crippen molar-refractivity contribution in [2.45, 2.75) is 6.92 Å². The number of aromatic carboxylic acids is 1. The van der Waals surface area contributed by atoms with Crippen molar-refractivity contribution in [1.29, 1.82) is 5.26 Å². The zero-order valence-electron chi connectivity index (χ0n) is 11.3. The van der Waals surface area contributed by atoms with Gasteiger partial charge in [-0.1, -0.05) is 12.1 Å². The minimum absolute atomic E-state index is 0.0464. The fourth-order valence-corrected chi connectivity index (χ4v) is 1.81. The number of nitrogens with zero attached hydrogens (tertiary/aromatic N) is 1. The molecule has 0 heterocycles. The van der Waals surface area contributed by atoms with Crippen LogP contribution in [-0.2, 0) is 0 Å². The predicted molar refractivity (Wildman–Crippen MR) is 77.2 cm³/mol. The Balaban J connectivity index is 2.28. The van der Waals surface area contributed by atoms with Crippen molar-refractivity contribution >= 4 is 17.6 Å². The summed E-state index contributed by atoms with van der Waals surface area (Å²) in [6, 6.07) is 12.7. The SMILES string of the molecule is Cc1ccc(C#N)cc1NC(=O)c1cccc(C(=O)O)c1. The summed E-state index contributed by atoms with van der Waals surface area (Å²) in [4.78, 5) is 23.1. The number of carboxylic acids is 1. The monoisotopic (exact) mass is 280 g/mol. The van der Waals surface area contributed by atoms with Gasteiger partial charge in [0.1, 0.15) is 0 Å². The van der Waals surface area contributed by atoms with Crippen LogP contribution in [0.3, 0.4) is 0 Å². The summed E-state index contributed by atoms with van der Waals surface area (Å²) in [5, 5.41) is 20.5. The van der Waals surface area contributed by atoms with Gasteiger partial charge in [-0.2, -0.15) is 5.26 Å². The van der Waals surface area contributed by atoms with Crippen LogP contribution >= 0.6 is 0 Å². The van der Waals surface area contributed by atoms with Crippen molar-refractivity contribution in [3.8, 4) is 6.07 Å². The molecule has 0 atom stereocenters. The second-order valence-electron chi connectivity index (χ2n) is 4.48. The molecule has 21 heavy (non-hydrogen) atoms. The van der Waals surface area contributed by atoms with E-state index in [1.54, 1.807) is 18.2 Å². The quantitative estimate of drug-likeness (QED) is 0.904. The van der Waals surface area contributed by atoms with Gasteiger partial charge < -0.3 is 10.4 Å². The van der Waals surface area contributed by atoms with Crippen LogP contribution < -0.4 is 5.32 Å². The summed E-state index contributed by atoms with van der Waals surface area (Å²) in [6.07, 6.45) is 0. The molecule has 0 bridgehead atoms. The topological polar surface area (TPSA) is 90.2 Å². The highest BCUT2D eigenvalue weighted by atomic mass is 16.4. The minimum atomic E-state index is -1.09. The number of carbonyl (C=O) groups excluding carboxylic acids is 1. The Labute approximate surface area is 121 Å². The number of aryl methyl sites for hydroxylation is 1. The molecule has 0 fully saturated rings. The lowest BCUT2D eigenvalue weighted by Crippen LogP contribution is -2.13. The van der Waals surface area contributed by atoms with Crippen molar-refractivity contribution in [3.05, 3.63) is 64.7 Å². The molecule has 0 aliphatic heterocycles. The van der Waals surface area contributed by atoms with Gasteiger partial charge in [0.25, 0.3) is 5.91 Å². The number of carboxylic acid groups (broad SMARTS) is 1. The third kappa shape index (κ3) is 3.25. The Hall–Kier alpha value is -3.13. The Morgan fingerprint density at radius 2 is 1.86 bits per heavy atom. The molecule has 2 rings (SSSR count). The Bertz CT molecular complexity index is 760. The highest BCUT2D eigenvalue weighted by Gasteiger charge is 2.11. The average molecular weight is 280 g/mol. The standard InChI is InChI=1S/C16H12N2O3/c1-10-5-6-11(9-17)7-14(10)18-15(19)12-3-2-4-13(8-12)16(20)21/h2-8H,1H3,(H,18,19)(H,20,21). The van der Waals surface area contributed by atoms with Crippen LogP contribution in [0.15, 0.2) is 42.5 Å². The molecule has 0 saturated carbocycles. The van der Waals surface area contributed by atoms with Gasteiger partial charge in [0.15, 0.2) is 0 Å². The van der Waals surface area contributed by atoms with E-state index in [1.807, 2.05) is 13.0 Å². The second kappa shape index (κ2) is 5.88. The van der Waals surface area contributed by atoms with Gasteiger partial charge >= 0.3 is 5.97 Å². The third-order valence-electron chi connectivity index (χ3n) is 2.99. The highest BCUT2D eigenvalue weighted by Crippen LogP contribution is 2.18. The first-order valence-corrected chi connectivity index (χ1v) is 6.16. The van der Waals surface area contributed by atoms with Crippen LogP contribution in [0.2, 0.25) is 0 Å². The van der Waals surface area contributed by atoms with Crippen LogP contribution in [0.5, 0.6) is 0 Å². The van der Waals surface area contributed by atoms with E-state index in [4.69, 9.17) is 10.4 Å². The molecule has 2 aromatic carbocycles. The number of benzene rings is 2. The summed E-state index contributed by atoms with van der Waals surface area (Å²) in [5.41, 5.74) is 2.08. The van der Waals surface area contributed by atoms with Crippen LogP contribution in [0, 0.1) is 18.3 Å². The Kier molecular flexibility index (Phi) is 4.00. The number of hydrogen-bond donors (Lipinski definition) is 2. The minimum Gasteiger partial charge on any atom is -0.478 e. The molecule has 104 valence electrons. The first kappa shape index (κ1) is 14.3. The van der Waals surface area contributed by atoms with Crippen molar-refractivity contribution in [3.63, 3.8) is 0 Å². The molecule has 0 aliphatic rings. The Morgan fingerprint density at radius 1 is 1.14 bits per heavy atom. The maximum Gasteiger partial charge on any atom is 0.335 e. The van der Waals surface area contributed by atoms with Crippen molar-refractivity contribution in [2.24, 2.45) is 0 Å². The van der Waals surface area contributed by atoms with Gasteiger partial charge in [0, 0.05) is 11.3 Å². The van der Waals surface area contributed by atoms with Gasteiger partial charge in [-0.05, 0) is 42.8 Å². The first-order chi connectivity index (χ1) is 10.0. The summed E-state index contributed by atoms with van der Waals surface area (Å²) in [7, 11) is 0. The van der Waals surface area contributed by atoms with E-state index in [1.165, 1.54) is 24.3 Å².